The van der Waals surface area contributed by atoms with E-state index in [1.807, 2.05) is 0 Å². The summed E-state index contributed by atoms with van der Waals surface area (Å²) in [6.07, 6.45) is -4.45. The van der Waals surface area contributed by atoms with Crippen LogP contribution in [0.4, 0.5) is 13.2 Å². The van der Waals surface area contributed by atoms with E-state index in [4.69, 9.17) is 9.84 Å². The Bertz CT molecular complexity index is 437. The molecule has 6 nitrogen and oxygen atoms in total. The number of carbonyl (C=O) groups is 1. The van der Waals surface area contributed by atoms with Gasteiger partial charge in [-0.3, -0.25) is 0 Å². The first kappa shape index (κ1) is 11.8. The Kier molecular flexibility index (Phi) is 2.77. The first-order chi connectivity index (χ1) is 7.91. The number of carboxylic acid groups (broad SMARTS) is 1. The van der Waals surface area contributed by atoms with Crippen molar-refractivity contribution in [2.75, 3.05) is 13.2 Å². The molecule has 1 N–H and O–H groups in total. The van der Waals surface area contributed by atoms with Crippen molar-refractivity contribution in [2.45, 2.75) is 18.6 Å². The lowest BCUT2D eigenvalue weighted by Gasteiger charge is -2.13. The third-order valence-electron chi connectivity index (χ3n) is 2.42. The van der Waals surface area contributed by atoms with Crippen molar-refractivity contribution in [1.82, 2.24) is 15.0 Å². The van der Waals surface area contributed by atoms with E-state index in [2.05, 4.69) is 10.3 Å². The number of alkyl halides is 3. The van der Waals surface area contributed by atoms with E-state index in [1.165, 1.54) is 0 Å². The highest BCUT2D eigenvalue weighted by Gasteiger charge is 2.43. The molecular weight excluding hydrogens is 243 g/mol. The predicted molar refractivity (Wildman–Crippen MR) is 46.5 cm³/mol. The Morgan fingerprint density at radius 1 is 1.53 bits per heavy atom. The lowest BCUT2D eigenvalue weighted by molar-refractivity contribution is -0.145. The minimum absolute atomic E-state index is 0.0749. The number of aromatic carboxylic acids is 1. The van der Waals surface area contributed by atoms with Crippen LogP contribution < -0.4 is 0 Å². The van der Waals surface area contributed by atoms with Gasteiger partial charge in [0.15, 0.2) is 5.69 Å². The van der Waals surface area contributed by atoms with E-state index in [0.717, 1.165) is 0 Å². The number of hydrogen-bond acceptors (Lipinski definition) is 4. The molecule has 94 valence electrons. The predicted octanol–water partition coefficient (Wildman–Crippen LogP) is 0.957. The number of aromatic nitrogens is 3. The molecule has 0 radical (unpaired) electrons. The molecular formula is C8H8F3N3O3. The Labute approximate surface area is 93.0 Å². The fourth-order valence-corrected chi connectivity index (χ4v) is 1.67. The van der Waals surface area contributed by atoms with Gasteiger partial charge in [-0.25, -0.2) is 9.48 Å². The fraction of sp³-hybridized carbons (Fsp3) is 0.625. The normalized spacial score (nSPS) is 20.8. The average molecular weight is 251 g/mol. The minimum Gasteiger partial charge on any atom is -0.476 e. The second kappa shape index (κ2) is 3.99. The van der Waals surface area contributed by atoms with Gasteiger partial charge in [-0.15, -0.1) is 5.10 Å². The second-order valence-corrected chi connectivity index (χ2v) is 3.55. The zero-order valence-corrected chi connectivity index (χ0v) is 8.44. The molecule has 1 aromatic rings. The van der Waals surface area contributed by atoms with Crippen molar-refractivity contribution >= 4 is 5.97 Å². The van der Waals surface area contributed by atoms with Gasteiger partial charge in [-0.05, 0) is 6.42 Å². The summed E-state index contributed by atoms with van der Waals surface area (Å²) in [6.45, 7) is 0.399. The quantitative estimate of drug-likeness (QED) is 0.846. The molecule has 1 saturated heterocycles. The topological polar surface area (TPSA) is 77.2 Å². The highest BCUT2D eigenvalue weighted by Crippen LogP contribution is 2.34. The van der Waals surface area contributed by atoms with Crippen LogP contribution in [-0.4, -0.2) is 39.3 Å². The molecule has 1 unspecified atom stereocenters. The summed E-state index contributed by atoms with van der Waals surface area (Å²) < 4.78 is 43.8. The summed E-state index contributed by atoms with van der Waals surface area (Å²) in [6, 6.07) is -0.618. The molecule has 1 aromatic heterocycles. The Hall–Kier alpha value is -1.64. The second-order valence-electron chi connectivity index (χ2n) is 3.55. The molecule has 0 amide bonds. The smallest absolute Gasteiger partial charge is 0.435 e. The molecule has 2 heterocycles. The molecule has 1 fully saturated rings. The van der Waals surface area contributed by atoms with Gasteiger partial charge in [0, 0.05) is 6.61 Å². The van der Waals surface area contributed by atoms with Crippen molar-refractivity contribution < 1.29 is 27.8 Å². The Balaban J connectivity index is 2.48. The standard InChI is InChI=1S/C8H8F3N3O3/c9-8(10,11)6-5(7(15)16)12-13-14(6)4-1-2-17-3-4/h4H,1-3H2,(H,15,16). The lowest BCUT2D eigenvalue weighted by Crippen LogP contribution is -2.22. The largest absolute Gasteiger partial charge is 0.476 e. The van der Waals surface area contributed by atoms with Crippen LogP contribution in [0.5, 0.6) is 0 Å². The van der Waals surface area contributed by atoms with Crippen molar-refractivity contribution in [2.24, 2.45) is 0 Å². The van der Waals surface area contributed by atoms with Crippen molar-refractivity contribution in [3.8, 4) is 0 Å². The number of hydrogen-bond donors (Lipinski definition) is 1. The van der Waals surface area contributed by atoms with Crippen LogP contribution in [0.1, 0.15) is 28.6 Å². The van der Waals surface area contributed by atoms with E-state index in [0.29, 0.717) is 17.7 Å². The SMILES string of the molecule is O=C(O)c1nnn(C2CCOC2)c1C(F)(F)F. The van der Waals surface area contributed by atoms with Crippen LogP contribution in [0.2, 0.25) is 0 Å². The van der Waals surface area contributed by atoms with Gasteiger partial charge < -0.3 is 9.84 Å². The third kappa shape index (κ3) is 2.09. The van der Waals surface area contributed by atoms with Gasteiger partial charge >= 0.3 is 12.1 Å². The molecule has 1 aliphatic rings. The zero-order valence-electron chi connectivity index (χ0n) is 8.44. The fourth-order valence-electron chi connectivity index (χ4n) is 1.67. The van der Waals surface area contributed by atoms with Crippen LogP contribution >= 0.6 is 0 Å². The van der Waals surface area contributed by atoms with E-state index >= 15 is 0 Å². The molecule has 0 aliphatic carbocycles. The van der Waals surface area contributed by atoms with Gasteiger partial charge in [-0.2, -0.15) is 13.2 Å². The number of halogens is 3. The molecule has 17 heavy (non-hydrogen) atoms. The maximum absolute atomic E-state index is 12.8. The van der Waals surface area contributed by atoms with Crippen LogP contribution in [0.3, 0.4) is 0 Å². The van der Waals surface area contributed by atoms with Gasteiger partial charge in [0.1, 0.15) is 0 Å². The summed E-state index contributed by atoms with van der Waals surface area (Å²) in [7, 11) is 0. The van der Waals surface area contributed by atoms with Crippen LogP contribution in [0.25, 0.3) is 0 Å². The van der Waals surface area contributed by atoms with Gasteiger partial charge in [0.2, 0.25) is 5.69 Å². The molecule has 1 aliphatic heterocycles. The molecule has 0 aromatic carbocycles. The summed E-state index contributed by atoms with van der Waals surface area (Å²) in [5, 5.41) is 15.0. The van der Waals surface area contributed by atoms with Gasteiger partial charge in [-0.1, -0.05) is 5.21 Å². The van der Waals surface area contributed by atoms with Crippen LogP contribution in [-0.2, 0) is 10.9 Å². The van der Waals surface area contributed by atoms with Crippen LogP contribution in [0.15, 0.2) is 0 Å². The molecule has 0 bridgehead atoms. The zero-order chi connectivity index (χ0) is 12.6. The highest BCUT2D eigenvalue weighted by atomic mass is 19.4. The molecule has 0 saturated carbocycles. The Morgan fingerprint density at radius 3 is 2.71 bits per heavy atom. The van der Waals surface area contributed by atoms with E-state index in [9.17, 15) is 18.0 Å². The number of rotatable bonds is 2. The van der Waals surface area contributed by atoms with Gasteiger partial charge in [0.25, 0.3) is 0 Å². The first-order valence-electron chi connectivity index (χ1n) is 4.74. The number of ether oxygens (including phenoxy) is 1. The summed E-state index contributed by atoms with van der Waals surface area (Å²) >= 11 is 0. The summed E-state index contributed by atoms with van der Waals surface area (Å²) in [5.74, 6) is -1.75. The van der Waals surface area contributed by atoms with Crippen molar-refractivity contribution in [3.63, 3.8) is 0 Å². The van der Waals surface area contributed by atoms with Crippen molar-refractivity contribution in [3.05, 3.63) is 11.4 Å². The van der Waals surface area contributed by atoms with E-state index in [1.54, 1.807) is 0 Å². The lowest BCUT2D eigenvalue weighted by atomic mass is 10.2. The van der Waals surface area contributed by atoms with Crippen LogP contribution in [0, 0.1) is 0 Å². The van der Waals surface area contributed by atoms with Crippen molar-refractivity contribution in [1.29, 1.82) is 0 Å². The third-order valence-corrected chi connectivity index (χ3v) is 2.42. The maximum atomic E-state index is 12.8. The monoisotopic (exact) mass is 251 g/mol. The molecule has 2 rings (SSSR count). The molecule has 0 spiro atoms. The highest BCUT2D eigenvalue weighted by molar-refractivity contribution is 5.86. The first-order valence-corrected chi connectivity index (χ1v) is 4.74. The molecule has 1 atom stereocenters. The van der Waals surface area contributed by atoms with Gasteiger partial charge in [0.05, 0.1) is 12.6 Å². The maximum Gasteiger partial charge on any atom is 0.435 e. The number of nitrogens with zero attached hydrogens (tertiary/aromatic N) is 3. The Morgan fingerprint density at radius 2 is 2.24 bits per heavy atom. The summed E-state index contributed by atoms with van der Waals surface area (Å²) in [4.78, 5) is 10.6. The summed E-state index contributed by atoms with van der Waals surface area (Å²) in [5.41, 5.74) is -2.41. The molecule has 9 heteroatoms. The number of carboxylic acids is 1. The average Bonchev–Trinajstić information content (AvgIpc) is 2.85. The van der Waals surface area contributed by atoms with E-state index in [-0.39, 0.29) is 6.61 Å². The van der Waals surface area contributed by atoms with E-state index < -0.39 is 29.6 Å². The minimum atomic E-state index is -4.81.